The van der Waals surface area contributed by atoms with Crippen LogP contribution in [0.5, 0.6) is 5.75 Å². The highest BCUT2D eigenvalue weighted by Gasteiger charge is 2.42. The Bertz CT molecular complexity index is 1070. The molecule has 31 heavy (non-hydrogen) atoms. The van der Waals surface area contributed by atoms with E-state index in [4.69, 9.17) is 4.74 Å². The van der Waals surface area contributed by atoms with Crippen LogP contribution in [0.4, 0.5) is 36.4 Å². The number of anilines is 1. The molecule has 162 valence electrons. The van der Waals surface area contributed by atoms with Gasteiger partial charge < -0.3 is 4.74 Å². The fourth-order valence-electron chi connectivity index (χ4n) is 2.60. The van der Waals surface area contributed by atoms with Gasteiger partial charge in [-0.25, -0.2) is 17.6 Å². The molecule has 10 heteroatoms. The number of para-hydroxylation sites is 1. The fourth-order valence-corrected chi connectivity index (χ4v) is 2.60. The maximum absolute atomic E-state index is 13.9. The van der Waals surface area contributed by atoms with E-state index >= 15 is 0 Å². The van der Waals surface area contributed by atoms with Crippen molar-refractivity contribution in [2.75, 3.05) is 5.43 Å². The van der Waals surface area contributed by atoms with Crippen LogP contribution in [0.2, 0.25) is 0 Å². The van der Waals surface area contributed by atoms with Gasteiger partial charge in [0.1, 0.15) is 23.6 Å². The van der Waals surface area contributed by atoms with Gasteiger partial charge in [0.25, 0.3) is 0 Å². The van der Waals surface area contributed by atoms with Gasteiger partial charge in [-0.2, -0.15) is 18.3 Å². The lowest BCUT2D eigenvalue weighted by Gasteiger charge is -2.13. The molecule has 0 aliphatic carbocycles. The number of rotatable bonds is 6. The Labute approximate surface area is 171 Å². The predicted octanol–water partition coefficient (Wildman–Crippen LogP) is 6.29. The Balaban J connectivity index is 1.82. The molecule has 0 saturated heterocycles. The molecule has 0 aliphatic heterocycles. The van der Waals surface area contributed by atoms with Crippen molar-refractivity contribution in [2.24, 2.45) is 5.10 Å². The van der Waals surface area contributed by atoms with Gasteiger partial charge in [-0.05, 0) is 17.7 Å². The zero-order valence-electron chi connectivity index (χ0n) is 15.5. The molecule has 0 heterocycles. The molecule has 0 unspecified atom stereocenters. The van der Waals surface area contributed by atoms with Crippen molar-refractivity contribution in [3.8, 4) is 5.75 Å². The van der Waals surface area contributed by atoms with Crippen LogP contribution >= 0.6 is 0 Å². The summed E-state index contributed by atoms with van der Waals surface area (Å²) in [5.41, 5.74) is -1.25. The molecule has 0 spiro atoms. The highest BCUT2D eigenvalue weighted by molar-refractivity contribution is 5.84. The van der Waals surface area contributed by atoms with Crippen molar-refractivity contribution < 1.29 is 35.5 Å². The molecule has 0 atom stereocenters. The molecule has 3 aromatic rings. The van der Waals surface area contributed by atoms with Gasteiger partial charge in [-0.15, -0.1) is 0 Å². The quantitative estimate of drug-likeness (QED) is 0.211. The van der Waals surface area contributed by atoms with E-state index in [0.717, 1.165) is 11.8 Å². The number of halogens is 7. The third kappa shape index (κ3) is 4.96. The minimum absolute atomic E-state index is 0.206. The first-order valence-electron chi connectivity index (χ1n) is 8.68. The largest absolute Gasteiger partial charge is 0.488 e. The summed E-state index contributed by atoms with van der Waals surface area (Å²) in [7, 11) is 0. The number of hydrogen-bond donors (Lipinski definition) is 1. The molecular weight excluding hydrogens is 429 g/mol. The maximum Gasteiger partial charge on any atom is 0.422 e. The van der Waals surface area contributed by atoms with Gasteiger partial charge >= 0.3 is 6.18 Å². The topological polar surface area (TPSA) is 33.6 Å². The molecule has 0 radical (unpaired) electrons. The summed E-state index contributed by atoms with van der Waals surface area (Å²) in [4.78, 5) is 0. The molecule has 3 nitrogen and oxygen atoms in total. The molecule has 3 aromatic carbocycles. The van der Waals surface area contributed by atoms with Gasteiger partial charge in [0.2, 0.25) is 0 Å². The van der Waals surface area contributed by atoms with Crippen molar-refractivity contribution in [1.82, 2.24) is 0 Å². The van der Waals surface area contributed by atoms with E-state index in [-0.39, 0.29) is 6.61 Å². The van der Waals surface area contributed by atoms with Crippen LogP contribution in [-0.2, 0) is 12.8 Å². The molecular formula is C21H13F7N2O. The van der Waals surface area contributed by atoms with E-state index in [2.05, 4.69) is 5.10 Å². The standard InChI is InChI=1S/C21H13F7N2O/c22-16-15(21(26,27)28)17(23)19(25)20(18(16)24)30-29-10-13-8-4-5-9-14(13)31-11-12-6-2-1-3-7-12/h1-10,30H,11H2. The van der Waals surface area contributed by atoms with E-state index in [0.29, 0.717) is 11.3 Å². The first kappa shape index (κ1) is 22.1. The number of ether oxygens (including phenoxy) is 1. The molecule has 0 aromatic heterocycles. The monoisotopic (exact) mass is 442 g/mol. The summed E-state index contributed by atoms with van der Waals surface area (Å²) in [6.45, 7) is 0.206. The summed E-state index contributed by atoms with van der Waals surface area (Å²) >= 11 is 0. The van der Waals surface area contributed by atoms with Crippen LogP contribution in [0.15, 0.2) is 59.7 Å². The maximum atomic E-state index is 13.9. The van der Waals surface area contributed by atoms with Gasteiger partial charge in [-0.1, -0.05) is 42.5 Å². The lowest BCUT2D eigenvalue weighted by atomic mass is 10.1. The second kappa shape index (κ2) is 9.07. The summed E-state index contributed by atoms with van der Waals surface area (Å²) < 4.78 is 98.7. The highest BCUT2D eigenvalue weighted by atomic mass is 19.4. The summed E-state index contributed by atoms with van der Waals surface area (Å²) in [6.07, 6.45) is -4.58. The Morgan fingerprint density at radius 1 is 0.806 bits per heavy atom. The Kier molecular flexibility index (Phi) is 6.47. The van der Waals surface area contributed by atoms with Gasteiger partial charge in [0.15, 0.2) is 23.3 Å². The average molecular weight is 442 g/mol. The number of hydrogen-bond acceptors (Lipinski definition) is 3. The molecule has 0 bridgehead atoms. The molecule has 0 amide bonds. The minimum atomic E-state index is -5.62. The summed E-state index contributed by atoms with van der Waals surface area (Å²) in [5, 5.41) is 3.47. The molecule has 1 N–H and O–H groups in total. The fraction of sp³-hybridized carbons (Fsp3) is 0.0952. The lowest BCUT2D eigenvalue weighted by Crippen LogP contribution is -2.16. The average Bonchev–Trinajstić information content (AvgIpc) is 2.74. The normalized spacial score (nSPS) is 11.7. The Hall–Kier alpha value is -3.56. The van der Waals surface area contributed by atoms with E-state index in [1.54, 1.807) is 23.6 Å². The first-order valence-corrected chi connectivity index (χ1v) is 8.68. The van der Waals surface area contributed by atoms with Crippen LogP contribution in [-0.4, -0.2) is 6.21 Å². The third-order valence-electron chi connectivity index (χ3n) is 4.08. The minimum Gasteiger partial charge on any atom is -0.488 e. The number of benzene rings is 3. The number of nitrogens with one attached hydrogen (secondary N) is 1. The van der Waals surface area contributed by atoms with Gasteiger partial charge in [-0.3, -0.25) is 5.43 Å². The summed E-state index contributed by atoms with van der Waals surface area (Å²) in [5.74, 6) is -9.32. The number of alkyl halides is 3. The van der Waals surface area contributed by atoms with Crippen molar-refractivity contribution >= 4 is 11.9 Å². The lowest BCUT2D eigenvalue weighted by molar-refractivity contribution is -0.143. The van der Waals surface area contributed by atoms with Crippen LogP contribution < -0.4 is 10.2 Å². The second-order valence-corrected chi connectivity index (χ2v) is 6.19. The molecule has 0 fully saturated rings. The van der Waals surface area contributed by atoms with E-state index in [1.807, 2.05) is 30.3 Å². The molecule has 0 saturated carbocycles. The Morgan fingerprint density at radius 3 is 2.00 bits per heavy atom. The van der Waals surface area contributed by atoms with Gasteiger partial charge in [0, 0.05) is 5.56 Å². The summed E-state index contributed by atoms with van der Waals surface area (Å²) in [6, 6.07) is 15.5. The van der Waals surface area contributed by atoms with Crippen LogP contribution in [0.25, 0.3) is 0 Å². The van der Waals surface area contributed by atoms with Crippen molar-refractivity contribution in [2.45, 2.75) is 12.8 Å². The van der Waals surface area contributed by atoms with E-state index in [9.17, 15) is 30.7 Å². The third-order valence-corrected chi connectivity index (χ3v) is 4.08. The van der Waals surface area contributed by atoms with E-state index in [1.165, 1.54) is 6.07 Å². The van der Waals surface area contributed by atoms with Crippen LogP contribution in [0, 0.1) is 23.3 Å². The molecule has 3 rings (SSSR count). The number of hydrazone groups is 1. The van der Waals surface area contributed by atoms with Crippen molar-refractivity contribution in [1.29, 1.82) is 0 Å². The van der Waals surface area contributed by atoms with Crippen molar-refractivity contribution in [3.63, 3.8) is 0 Å². The SMILES string of the molecule is Fc1c(F)c(C(F)(F)F)c(F)c(F)c1NN=Cc1ccccc1OCc1ccccc1. The zero-order valence-corrected chi connectivity index (χ0v) is 15.5. The smallest absolute Gasteiger partial charge is 0.422 e. The van der Waals surface area contributed by atoms with Crippen LogP contribution in [0.3, 0.4) is 0 Å². The second-order valence-electron chi connectivity index (χ2n) is 6.19. The number of nitrogens with zero attached hydrogens (tertiary/aromatic N) is 1. The highest BCUT2D eigenvalue weighted by Crippen LogP contribution is 2.38. The first-order chi connectivity index (χ1) is 14.7. The van der Waals surface area contributed by atoms with E-state index < -0.39 is 40.7 Å². The predicted molar refractivity (Wildman–Crippen MR) is 99.7 cm³/mol. The van der Waals surface area contributed by atoms with Gasteiger partial charge in [0.05, 0.1) is 6.21 Å². The van der Waals surface area contributed by atoms with Crippen LogP contribution in [0.1, 0.15) is 16.7 Å². The Morgan fingerprint density at radius 2 is 1.39 bits per heavy atom. The zero-order chi connectivity index (χ0) is 22.6. The van der Waals surface area contributed by atoms with Crippen molar-refractivity contribution in [3.05, 3.63) is 94.6 Å². The molecule has 0 aliphatic rings.